The Balaban J connectivity index is 1.63. The van der Waals surface area contributed by atoms with E-state index in [9.17, 15) is 13.2 Å². The molecule has 4 aromatic rings. The number of amides is 1. The minimum Gasteiger partial charge on any atom is -0.350 e. The number of benzene rings is 4. The number of aryl methyl sites for hydroxylation is 3. The summed E-state index contributed by atoms with van der Waals surface area (Å²) in [7, 11) is -3.95. The van der Waals surface area contributed by atoms with Crippen molar-refractivity contribution in [2.75, 3.05) is 10.8 Å². The lowest BCUT2D eigenvalue weighted by Crippen LogP contribution is -2.41. The van der Waals surface area contributed by atoms with Crippen molar-refractivity contribution in [3.05, 3.63) is 107 Å². The van der Waals surface area contributed by atoms with E-state index in [1.807, 2.05) is 75.4 Å². The topological polar surface area (TPSA) is 66.5 Å². The van der Waals surface area contributed by atoms with Crippen molar-refractivity contribution >= 4 is 32.4 Å². The fourth-order valence-corrected chi connectivity index (χ4v) is 5.43. The molecule has 1 amide bonds. The third-order valence-corrected chi connectivity index (χ3v) is 7.66. The molecule has 0 atom stereocenters. The molecule has 0 aliphatic rings. The summed E-state index contributed by atoms with van der Waals surface area (Å²) in [5, 5.41) is 5.06. The quantitative estimate of drug-likeness (QED) is 0.398. The third-order valence-electron chi connectivity index (χ3n) is 5.89. The summed E-state index contributed by atoms with van der Waals surface area (Å²) in [6, 6.07) is 26.2. The van der Waals surface area contributed by atoms with Crippen LogP contribution < -0.4 is 9.62 Å². The lowest BCUT2D eigenvalue weighted by Gasteiger charge is -2.26. The molecule has 0 unspecified atom stereocenters. The van der Waals surface area contributed by atoms with Crippen LogP contribution in [-0.2, 0) is 21.4 Å². The van der Waals surface area contributed by atoms with Gasteiger partial charge in [0, 0.05) is 6.54 Å². The van der Waals surface area contributed by atoms with Gasteiger partial charge in [-0.1, -0.05) is 72.3 Å². The molecule has 6 heteroatoms. The minimum atomic E-state index is -3.95. The van der Waals surface area contributed by atoms with Crippen molar-refractivity contribution in [1.82, 2.24) is 5.32 Å². The highest BCUT2D eigenvalue weighted by Gasteiger charge is 2.28. The predicted molar refractivity (Wildman–Crippen MR) is 137 cm³/mol. The molecule has 0 spiro atoms. The average molecular weight is 473 g/mol. The van der Waals surface area contributed by atoms with Crippen LogP contribution in [0.2, 0.25) is 0 Å². The Bertz CT molecular complexity index is 1440. The molecule has 174 valence electrons. The molecule has 0 bridgehead atoms. The molecule has 4 rings (SSSR count). The number of hydrogen-bond donors (Lipinski definition) is 1. The van der Waals surface area contributed by atoms with E-state index >= 15 is 0 Å². The highest BCUT2D eigenvalue weighted by Crippen LogP contribution is 2.28. The first-order valence-electron chi connectivity index (χ1n) is 11.2. The number of nitrogens with one attached hydrogen (secondary N) is 1. The fraction of sp³-hybridized carbons (Fsp3) is 0.179. The number of carbonyl (C=O) groups excluding carboxylic acids is 1. The molecular weight excluding hydrogens is 444 g/mol. The van der Waals surface area contributed by atoms with Gasteiger partial charge >= 0.3 is 0 Å². The zero-order valence-electron chi connectivity index (χ0n) is 19.6. The molecule has 0 fully saturated rings. The van der Waals surface area contributed by atoms with Gasteiger partial charge in [0.15, 0.2) is 0 Å². The van der Waals surface area contributed by atoms with Gasteiger partial charge in [0.2, 0.25) is 5.91 Å². The van der Waals surface area contributed by atoms with Crippen molar-refractivity contribution in [2.45, 2.75) is 32.2 Å². The van der Waals surface area contributed by atoms with Crippen molar-refractivity contribution in [2.24, 2.45) is 0 Å². The number of nitrogens with zero attached hydrogens (tertiary/aromatic N) is 1. The molecule has 0 saturated carbocycles. The van der Waals surface area contributed by atoms with Crippen LogP contribution in [0.5, 0.6) is 0 Å². The average Bonchev–Trinajstić information content (AvgIpc) is 2.83. The van der Waals surface area contributed by atoms with Crippen molar-refractivity contribution in [3.8, 4) is 0 Å². The van der Waals surface area contributed by atoms with Gasteiger partial charge in [0.05, 0.1) is 10.6 Å². The summed E-state index contributed by atoms with van der Waals surface area (Å²) in [6.07, 6.45) is 0. The fourth-order valence-electron chi connectivity index (χ4n) is 3.95. The van der Waals surface area contributed by atoms with Gasteiger partial charge < -0.3 is 5.32 Å². The maximum absolute atomic E-state index is 13.6. The van der Waals surface area contributed by atoms with Crippen LogP contribution in [-0.4, -0.2) is 20.9 Å². The van der Waals surface area contributed by atoms with E-state index in [0.717, 1.165) is 33.0 Å². The first kappa shape index (κ1) is 23.5. The van der Waals surface area contributed by atoms with E-state index in [0.29, 0.717) is 12.2 Å². The SMILES string of the molecule is Cc1ccc(S(=O)(=O)N(CC(=O)NCc2cccc3ccccc23)c2cc(C)ccc2C)cc1. The van der Waals surface area contributed by atoms with Gasteiger partial charge in [-0.3, -0.25) is 9.10 Å². The summed E-state index contributed by atoms with van der Waals surface area (Å²) in [4.78, 5) is 13.2. The maximum atomic E-state index is 13.6. The van der Waals surface area contributed by atoms with Crippen molar-refractivity contribution in [1.29, 1.82) is 0 Å². The minimum absolute atomic E-state index is 0.154. The molecule has 0 heterocycles. The van der Waals surface area contributed by atoms with E-state index in [1.54, 1.807) is 30.3 Å². The molecular formula is C28H28N2O3S. The highest BCUT2D eigenvalue weighted by molar-refractivity contribution is 7.92. The van der Waals surface area contributed by atoms with Crippen LogP contribution in [0.4, 0.5) is 5.69 Å². The number of hydrogen-bond acceptors (Lipinski definition) is 3. The van der Waals surface area contributed by atoms with E-state index in [-0.39, 0.29) is 17.3 Å². The molecule has 5 nitrogen and oxygen atoms in total. The summed E-state index contributed by atoms with van der Waals surface area (Å²) >= 11 is 0. The van der Waals surface area contributed by atoms with Crippen LogP contribution in [0.25, 0.3) is 10.8 Å². The number of fused-ring (bicyclic) bond motifs is 1. The highest BCUT2D eigenvalue weighted by atomic mass is 32.2. The second-order valence-corrected chi connectivity index (χ2v) is 10.4. The number of carbonyl (C=O) groups is 1. The van der Waals surface area contributed by atoms with Gasteiger partial charge in [-0.15, -0.1) is 0 Å². The van der Waals surface area contributed by atoms with Crippen LogP contribution >= 0.6 is 0 Å². The lowest BCUT2D eigenvalue weighted by molar-refractivity contribution is -0.119. The second kappa shape index (κ2) is 9.69. The first-order chi connectivity index (χ1) is 16.3. The molecule has 0 aromatic heterocycles. The van der Waals surface area contributed by atoms with Gasteiger partial charge in [-0.2, -0.15) is 0 Å². The molecule has 0 aliphatic carbocycles. The smallest absolute Gasteiger partial charge is 0.264 e. The summed E-state index contributed by atoms with van der Waals surface area (Å²) in [5.41, 5.74) is 4.14. The predicted octanol–water partition coefficient (Wildman–Crippen LogP) is 5.28. The van der Waals surface area contributed by atoms with Gasteiger partial charge in [0.1, 0.15) is 6.54 Å². The Morgan fingerprint density at radius 1 is 0.824 bits per heavy atom. The third kappa shape index (κ3) is 4.97. The zero-order chi connectivity index (χ0) is 24.3. The van der Waals surface area contributed by atoms with Crippen LogP contribution in [0.3, 0.4) is 0 Å². The van der Waals surface area contributed by atoms with E-state index in [2.05, 4.69) is 5.32 Å². The number of sulfonamides is 1. The van der Waals surface area contributed by atoms with E-state index < -0.39 is 10.0 Å². The van der Waals surface area contributed by atoms with Crippen LogP contribution in [0.1, 0.15) is 22.3 Å². The Hall–Kier alpha value is -3.64. The van der Waals surface area contributed by atoms with E-state index in [1.165, 1.54) is 4.31 Å². The molecule has 1 N–H and O–H groups in total. The van der Waals surface area contributed by atoms with Crippen molar-refractivity contribution < 1.29 is 13.2 Å². The monoisotopic (exact) mass is 472 g/mol. The van der Waals surface area contributed by atoms with Crippen molar-refractivity contribution in [3.63, 3.8) is 0 Å². The maximum Gasteiger partial charge on any atom is 0.264 e. The van der Waals surface area contributed by atoms with Gasteiger partial charge in [-0.05, 0) is 66.4 Å². The zero-order valence-corrected chi connectivity index (χ0v) is 20.4. The van der Waals surface area contributed by atoms with Gasteiger partial charge in [-0.25, -0.2) is 8.42 Å². The first-order valence-corrected chi connectivity index (χ1v) is 12.6. The summed E-state index contributed by atoms with van der Waals surface area (Å²) < 4.78 is 28.5. The molecule has 34 heavy (non-hydrogen) atoms. The number of anilines is 1. The standard InChI is InChI=1S/C28H28N2O3S/c1-20-12-15-25(16-13-20)34(32,33)30(27-17-21(2)11-14-22(27)3)19-28(31)29-18-24-9-6-8-23-7-4-5-10-26(23)24/h4-17H,18-19H2,1-3H3,(H,29,31). The molecule has 0 saturated heterocycles. The Morgan fingerprint density at radius 3 is 2.26 bits per heavy atom. The molecule has 0 aliphatic heterocycles. The molecule has 4 aromatic carbocycles. The largest absolute Gasteiger partial charge is 0.350 e. The van der Waals surface area contributed by atoms with Gasteiger partial charge in [0.25, 0.3) is 10.0 Å². The lowest BCUT2D eigenvalue weighted by atomic mass is 10.0. The number of rotatable bonds is 7. The van der Waals surface area contributed by atoms with E-state index in [4.69, 9.17) is 0 Å². The molecule has 0 radical (unpaired) electrons. The second-order valence-electron chi connectivity index (χ2n) is 8.53. The normalized spacial score (nSPS) is 11.4. The Kier molecular flexibility index (Phi) is 6.70. The van der Waals surface area contributed by atoms with Crippen LogP contribution in [0, 0.1) is 20.8 Å². The summed E-state index contributed by atoms with van der Waals surface area (Å²) in [5.74, 6) is -0.371. The summed E-state index contributed by atoms with van der Waals surface area (Å²) in [6.45, 7) is 5.65. The Morgan fingerprint density at radius 2 is 1.50 bits per heavy atom. The Labute approximate surface area is 201 Å². The van der Waals surface area contributed by atoms with Crippen LogP contribution in [0.15, 0.2) is 89.8 Å².